The van der Waals surface area contributed by atoms with Gasteiger partial charge in [-0.2, -0.15) is 4.31 Å². The molecule has 1 heterocycles. The number of esters is 1. The molecule has 0 aromatic heterocycles. The molecule has 2 aromatic carbocycles. The van der Waals surface area contributed by atoms with Crippen LogP contribution in [0.1, 0.15) is 48.5 Å². The van der Waals surface area contributed by atoms with E-state index < -0.39 is 27.8 Å². The van der Waals surface area contributed by atoms with E-state index in [-0.39, 0.29) is 40.9 Å². The lowest BCUT2D eigenvalue weighted by Crippen LogP contribution is -2.43. The monoisotopic (exact) mass is 534 g/mol. The first kappa shape index (κ1) is 28.3. The van der Waals surface area contributed by atoms with Crippen molar-refractivity contribution in [2.75, 3.05) is 46.8 Å². The molecule has 1 fully saturated rings. The molecule has 202 valence electrons. The van der Waals surface area contributed by atoms with Crippen molar-refractivity contribution in [3.05, 3.63) is 41.5 Å². The van der Waals surface area contributed by atoms with Gasteiger partial charge in [-0.3, -0.25) is 4.79 Å². The first-order valence-corrected chi connectivity index (χ1v) is 13.3. The van der Waals surface area contributed by atoms with Crippen LogP contribution in [0.4, 0.5) is 5.69 Å². The van der Waals surface area contributed by atoms with Crippen LogP contribution < -0.4 is 19.5 Å². The molecule has 3 rings (SSSR count). The Kier molecular flexibility index (Phi) is 9.03. The van der Waals surface area contributed by atoms with E-state index in [1.807, 2.05) is 19.9 Å². The van der Waals surface area contributed by atoms with Gasteiger partial charge >= 0.3 is 5.97 Å². The summed E-state index contributed by atoms with van der Waals surface area (Å²) >= 11 is 0. The minimum atomic E-state index is -3.93. The molecule has 1 aliphatic rings. The van der Waals surface area contributed by atoms with Gasteiger partial charge in [0.15, 0.2) is 11.5 Å². The largest absolute Gasteiger partial charge is 0.495 e. The van der Waals surface area contributed by atoms with Gasteiger partial charge in [0.25, 0.3) is 0 Å². The second-order valence-corrected chi connectivity index (χ2v) is 10.9. The van der Waals surface area contributed by atoms with Gasteiger partial charge in [0.2, 0.25) is 15.9 Å². The molecule has 0 aliphatic carbocycles. The molecule has 0 unspecified atom stereocenters. The third-order valence-electron chi connectivity index (χ3n) is 6.41. The molecule has 1 amide bonds. The Bertz CT molecular complexity index is 1260. The lowest BCUT2D eigenvalue weighted by molar-refractivity contribution is -0.120. The molecule has 2 aromatic rings. The molecular weight excluding hydrogens is 500 g/mol. The summed E-state index contributed by atoms with van der Waals surface area (Å²) in [5.41, 5.74) is 1.14. The summed E-state index contributed by atoms with van der Waals surface area (Å²) < 4.78 is 49.3. The lowest BCUT2D eigenvalue weighted by Gasteiger charge is -2.32. The molecular formula is C26H34N2O8S. The zero-order valence-corrected chi connectivity index (χ0v) is 22.8. The van der Waals surface area contributed by atoms with Crippen LogP contribution in [0, 0.1) is 5.92 Å². The lowest BCUT2D eigenvalue weighted by atomic mass is 9.98. The smallest absolute Gasteiger partial charge is 0.340 e. The van der Waals surface area contributed by atoms with Crippen LogP contribution in [-0.4, -0.2) is 66.1 Å². The molecule has 0 radical (unpaired) electrons. The third-order valence-corrected chi connectivity index (χ3v) is 8.30. The molecule has 0 spiro atoms. The van der Waals surface area contributed by atoms with Crippen molar-refractivity contribution in [1.82, 2.24) is 4.31 Å². The third kappa shape index (κ3) is 5.99. The van der Waals surface area contributed by atoms with Gasteiger partial charge in [-0.05, 0) is 36.5 Å². The van der Waals surface area contributed by atoms with Crippen LogP contribution >= 0.6 is 0 Å². The van der Waals surface area contributed by atoms with Crippen LogP contribution in [0.3, 0.4) is 0 Å². The number of nitrogens with zero attached hydrogens (tertiary/aromatic N) is 1. The first-order valence-electron chi connectivity index (χ1n) is 11.9. The van der Waals surface area contributed by atoms with E-state index in [4.69, 9.17) is 18.9 Å². The molecule has 1 N–H and O–H groups in total. The number of carbonyl (C=O) groups is 2. The zero-order valence-electron chi connectivity index (χ0n) is 22.0. The maximum atomic E-state index is 13.6. The molecule has 0 saturated carbocycles. The number of nitrogens with one attached hydrogen (secondary N) is 1. The number of ether oxygens (including phenoxy) is 4. The Morgan fingerprint density at radius 1 is 0.973 bits per heavy atom. The van der Waals surface area contributed by atoms with Crippen LogP contribution in [0.25, 0.3) is 0 Å². The van der Waals surface area contributed by atoms with E-state index in [0.717, 1.165) is 5.56 Å². The molecule has 1 aliphatic heterocycles. The number of hydrogen-bond acceptors (Lipinski definition) is 8. The summed E-state index contributed by atoms with van der Waals surface area (Å²) in [5, 5.41) is 2.76. The van der Waals surface area contributed by atoms with Crippen LogP contribution in [-0.2, 0) is 19.6 Å². The molecule has 11 heteroatoms. The summed E-state index contributed by atoms with van der Waals surface area (Å²) in [6.07, 6.45) is 0.987. The van der Waals surface area contributed by atoms with Gasteiger partial charge < -0.3 is 24.3 Å². The fourth-order valence-corrected chi connectivity index (χ4v) is 5.98. The second-order valence-electron chi connectivity index (χ2n) is 9.00. The number of piperidine rings is 1. The van der Waals surface area contributed by atoms with E-state index in [9.17, 15) is 18.0 Å². The number of benzene rings is 2. The highest BCUT2D eigenvalue weighted by molar-refractivity contribution is 7.89. The van der Waals surface area contributed by atoms with Crippen molar-refractivity contribution >= 4 is 27.6 Å². The van der Waals surface area contributed by atoms with Crippen molar-refractivity contribution < 1.29 is 37.0 Å². The minimum absolute atomic E-state index is 0.00985. The summed E-state index contributed by atoms with van der Waals surface area (Å²) in [7, 11) is 1.60. The maximum absolute atomic E-state index is 13.6. The van der Waals surface area contributed by atoms with Crippen LogP contribution in [0.2, 0.25) is 0 Å². The van der Waals surface area contributed by atoms with Crippen LogP contribution in [0.15, 0.2) is 35.2 Å². The topological polar surface area (TPSA) is 120 Å². The van der Waals surface area contributed by atoms with Gasteiger partial charge in [0.1, 0.15) is 10.6 Å². The Balaban J connectivity index is 1.88. The van der Waals surface area contributed by atoms with Gasteiger partial charge in [0.05, 0.1) is 45.6 Å². The average Bonchev–Trinajstić information content (AvgIpc) is 2.91. The summed E-state index contributed by atoms with van der Waals surface area (Å²) in [5.74, 6) is -0.721. The molecule has 37 heavy (non-hydrogen) atoms. The fourth-order valence-electron chi connectivity index (χ4n) is 4.26. The Hall–Kier alpha value is -3.31. The molecule has 1 saturated heterocycles. The molecule has 0 bridgehead atoms. The standard InChI is InChI=1S/C26H34N2O8S/c1-16(2)17-9-10-21(33-3)24(12-17)37(31,32)28-11-7-8-18(15-28)25(29)27-20-14-23(35-5)22(34-4)13-19(20)26(30)36-6/h9-10,12-14,16,18H,7-8,11,15H2,1-6H3,(H,27,29)/t18-/m0/s1. The van der Waals surface area contributed by atoms with E-state index in [2.05, 4.69) is 5.32 Å². The summed E-state index contributed by atoms with van der Waals surface area (Å²) in [6, 6.07) is 8.03. The van der Waals surface area contributed by atoms with Gasteiger partial charge in [-0.25, -0.2) is 13.2 Å². The van der Waals surface area contributed by atoms with E-state index >= 15 is 0 Å². The van der Waals surface area contributed by atoms with Gasteiger partial charge in [0, 0.05) is 25.2 Å². The van der Waals surface area contributed by atoms with Crippen molar-refractivity contribution in [3.8, 4) is 17.2 Å². The van der Waals surface area contributed by atoms with Crippen molar-refractivity contribution in [2.24, 2.45) is 5.92 Å². The van der Waals surface area contributed by atoms with Gasteiger partial charge in [-0.15, -0.1) is 0 Å². The zero-order chi connectivity index (χ0) is 27.3. The minimum Gasteiger partial charge on any atom is -0.495 e. The van der Waals surface area contributed by atoms with Crippen molar-refractivity contribution in [2.45, 2.75) is 37.5 Å². The van der Waals surface area contributed by atoms with Crippen LogP contribution in [0.5, 0.6) is 17.2 Å². The highest BCUT2D eigenvalue weighted by atomic mass is 32.2. The number of amides is 1. The summed E-state index contributed by atoms with van der Waals surface area (Å²) in [6.45, 7) is 4.24. The highest BCUT2D eigenvalue weighted by Gasteiger charge is 2.35. The predicted octanol–water partition coefficient (Wildman–Crippen LogP) is 3.66. The number of carbonyl (C=O) groups excluding carboxylic acids is 2. The first-order chi connectivity index (χ1) is 17.6. The Labute approximate surface area is 217 Å². The molecule has 10 nitrogen and oxygen atoms in total. The normalized spacial score (nSPS) is 16.2. The number of hydrogen-bond donors (Lipinski definition) is 1. The number of methoxy groups -OCH3 is 4. The van der Waals surface area contributed by atoms with E-state index in [1.54, 1.807) is 12.1 Å². The van der Waals surface area contributed by atoms with E-state index in [0.29, 0.717) is 24.3 Å². The second kappa shape index (κ2) is 11.8. The molecule has 1 atom stereocenters. The van der Waals surface area contributed by atoms with Crippen molar-refractivity contribution in [3.63, 3.8) is 0 Å². The summed E-state index contributed by atoms with van der Waals surface area (Å²) in [4.78, 5) is 25.7. The Morgan fingerprint density at radius 2 is 1.62 bits per heavy atom. The quantitative estimate of drug-likeness (QED) is 0.484. The van der Waals surface area contributed by atoms with E-state index in [1.165, 1.54) is 44.9 Å². The maximum Gasteiger partial charge on any atom is 0.340 e. The number of sulfonamides is 1. The number of anilines is 1. The average molecular weight is 535 g/mol. The predicted molar refractivity (Wildman–Crippen MR) is 138 cm³/mol. The Morgan fingerprint density at radius 3 is 2.22 bits per heavy atom. The highest BCUT2D eigenvalue weighted by Crippen LogP contribution is 2.35. The van der Waals surface area contributed by atoms with Crippen molar-refractivity contribution in [1.29, 1.82) is 0 Å². The number of rotatable bonds is 9. The SMILES string of the molecule is COC(=O)c1cc(OC)c(OC)cc1NC(=O)[C@H]1CCCN(S(=O)(=O)c2cc(C(C)C)ccc2OC)C1. The van der Waals surface area contributed by atoms with Gasteiger partial charge in [-0.1, -0.05) is 19.9 Å². The fraction of sp³-hybridized carbons (Fsp3) is 0.462.